The van der Waals surface area contributed by atoms with E-state index in [-0.39, 0.29) is 0 Å². The molecule has 2 nitrogen and oxygen atoms in total. The molecular formula is C13H16ClNOS. The van der Waals surface area contributed by atoms with Crippen molar-refractivity contribution in [1.29, 1.82) is 5.26 Å². The fourth-order valence-electron chi connectivity index (χ4n) is 1.31. The molecule has 17 heavy (non-hydrogen) atoms. The summed E-state index contributed by atoms with van der Waals surface area (Å²) < 4.78 is 11.8. The van der Waals surface area contributed by atoms with E-state index >= 15 is 0 Å². The summed E-state index contributed by atoms with van der Waals surface area (Å²) in [4.78, 5) is 0. The van der Waals surface area contributed by atoms with Gasteiger partial charge in [-0.25, -0.2) is 0 Å². The van der Waals surface area contributed by atoms with Crippen LogP contribution in [0.3, 0.4) is 0 Å². The standard InChI is InChI=1S/C13H16ClNOS/c1-13(2,10-15)6-7-17(16)9-11-4-3-5-12(14)8-11/h3-5,8H,6-7,9H2,1-2H3/t17-/m0/s1. The molecule has 0 amide bonds. The molecule has 0 spiro atoms. The lowest BCUT2D eigenvalue weighted by atomic mass is 9.93. The van der Waals surface area contributed by atoms with Crippen molar-refractivity contribution in [2.24, 2.45) is 5.41 Å². The van der Waals surface area contributed by atoms with Crippen LogP contribution in [0.2, 0.25) is 5.02 Å². The van der Waals surface area contributed by atoms with Crippen LogP contribution in [0.25, 0.3) is 0 Å². The molecule has 0 heterocycles. The third-order valence-electron chi connectivity index (χ3n) is 2.47. The van der Waals surface area contributed by atoms with Gasteiger partial charge in [0, 0.05) is 27.3 Å². The highest BCUT2D eigenvalue weighted by atomic mass is 35.5. The topological polar surface area (TPSA) is 40.9 Å². The first-order chi connectivity index (χ1) is 7.93. The Morgan fingerprint density at radius 1 is 1.47 bits per heavy atom. The predicted molar refractivity (Wildman–Crippen MR) is 72.2 cm³/mol. The van der Waals surface area contributed by atoms with Crippen molar-refractivity contribution in [2.45, 2.75) is 26.0 Å². The van der Waals surface area contributed by atoms with Gasteiger partial charge in [-0.1, -0.05) is 23.7 Å². The summed E-state index contributed by atoms with van der Waals surface area (Å²) in [6.45, 7) is 3.73. The summed E-state index contributed by atoms with van der Waals surface area (Å²) >= 11 is 5.86. The highest BCUT2D eigenvalue weighted by Gasteiger charge is 2.17. The summed E-state index contributed by atoms with van der Waals surface area (Å²) in [5.74, 6) is 1.05. The molecule has 1 aromatic carbocycles. The van der Waals surface area contributed by atoms with E-state index in [1.165, 1.54) is 0 Å². The predicted octanol–water partition coefficient (Wildman–Crippen LogP) is 3.53. The monoisotopic (exact) mass is 269 g/mol. The first kappa shape index (κ1) is 14.2. The van der Waals surface area contributed by atoms with Gasteiger partial charge in [0.15, 0.2) is 0 Å². The lowest BCUT2D eigenvalue weighted by Gasteiger charge is -2.14. The van der Waals surface area contributed by atoms with E-state index in [0.717, 1.165) is 5.56 Å². The van der Waals surface area contributed by atoms with Crippen LogP contribution in [-0.2, 0) is 16.6 Å². The molecule has 0 aromatic heterocycles. The molecular weight excluding hydrogens is 254 g/mol. The zero-order valence-corrected chi connectivity index (χ0v) is 11.6. The second-order valence-corrected chi connectivity index (χ2v) is 6.68. The third kappa shape index (κ3) is 5.34. The van der Waals surface area contributed by atoms with Crippen LogP contribution < -0.4 is 0 Å². The Hall–Kier alpha value is -0.850. The average Bonchev–Trinajstić information content (AvgIpc) is 2.27. The lowest BCUT2D eigenvalue weighted by Crippen LogP contribution is -2.13. The number of benzene rings is 1. The van der Waals surface area contributed by atoms with Crippen molar-refractivity contribution >= 4 is 22.4 Å². The van der Waals surface area contributed by atoms with Crippen LogP contribution >= 0.6 is 11.6 Å². The zero-order valence-electron chi connectivity index (χ0n) is 10.1. The fraction of sp³-hybridized carbons (Fsp3) is 0.462. The first-order valence-electron chi connectivity index (χ1n) is 5.44. The SMILES string of the molecule is CC(C)(C#N)CC[S@](=O)Cc1cccc(Cl)c1. The molecule has 0 unspecified atom stereocenters. The fourth-order valence-corrected chi connectivity index (χ4v) is 2.96. The van der Waals surface area contributed by atoms with Crippen LogP contribution in [-0.4, -0.2) is 9.96 Å². The maximum Gasteiger partial charge on any atom is 0.0684 e. The van der Waals surface area contributed by atoms with Gasteiger partial charge < -0.3 is 0 Å². The minimum absolute atomic E-state index is 0.399. The van der Waals surface area contributed by atoms with Gasteiger partial charge in [0.05, 0.1) is 11.5 Å². The highest BCUT2D eigenvalue weighted by Crippen LogP contribution is 2.20. The van der Waals surface area contributed by atoms with Gasteiger partial charge >= 0.3 is 0 Å². The molecule has 0 saturated heterocycles. The first-order valence-corrected chi connectivity index (χ1v) is 7.30. The molecule has 0 aliphatic rings. The van der Waals surface area contributed by atoms with Gasteiger partial charge in [0.25, 0.3) is 0 Å². The Morgan fingerprint density at radius 3 is 2.76 bits per heavy atom. The maximum atomic E-state index is 11.8. The normalized spacial score (nSPS) is 13.1. The largest absolute Gasteiger partial charge is 0.259 e. The van der Waals surface area contributed by atoms with Crippen LogP contribution in [0.4, 0.5) is 0 Å². The lowest BCUT2D eigenvalue weighted by molar-refractivity contribution is 0.479. The average molecular weight is 270 g/mol. The summed E-state index contributed by atoms with van der Waals surface area (Å²) in [6.07, 6.45) is 0.649. The Bertz CT molecular complexity index is 451. The van der Waals surface area contributed by atoms with Gasteiger partial charge in [-0.15, -0.1) is 0 Å². The summed E-state index contributed by atoms with van der Waals surface area (Å²) in [7, 11) is -0.937. The van der Waals surface area contributed by atoms with Crippen molar-refractivity contribution < 1.29 is 4.21 Å². The van der Waals surface area contributed by atoms with Gasteiger partial charge in [-0.05, 0) is 38.0 Å². The Kier molecular flexibility index (Phi) is 5.17. The Balaban J connectivity index is 2.49. The van der Waals surface area contributed by atoms with E-state index in [1.54, 1.807) is 6.07 Å². The molecule has 0 bridgehead atoms. The van der Waals surface area contributed by atoms with E-state index < -0.39 is 16.2 Å². The van der Waals surface area contributed by atoms with Crippen molar-refractivity contribution in [3.8, 4) is 6.07 Å². The Morgan fingerprint density at radius 2 is 2.18 bits per heavy atom. The minimum atomic E-state index is -0.937. The third-order valence-corrected chi connectivity index (χ3v) is 4.02. The molecule has 1 atom stereocenters. The summed E-state index contributed by atoms with van der Waals surface area (Å²) in [5.41, 5.74) is 0.579. The number of hydrogen-bond donors (Lipinski definition) is 0. The van der Waals surface area contributed by atoms with E-state index in [9.17, 15) is 4.21 Å². The molecule has 0 aliphatic heterocycles. The molecule has 0 aliphatic carbocycles. The molecule has 0 N–H and O–H groups in total. The van der Waals surface area contributed by atoms with Crippen molar-refractivity contribution in [3.05, 3.63) is 34.9 Å². The number of nitrogens with zero attached hydrogens (tertiary/aromatic N) is 1. The Labute approximate surface area is 110 Å². The van der Waals surface area contributed by atoms with Gasteiger partial charge in [0.1, 0.15) is 0 Å². The molecule has 0 saturated carbocycles. The zero-order chi connectivity index (χ0) is 12.9. The smallest absolute Gasteiger partial charge is 0.0684 e. The molecule has 92 valence electrons. The number of hydrogen-bond acceptors (Lipinski definition) is 2. The minimum Gasteiger partial charge on any atom is -0.259 e. The molecule has 0 radical (unpaired) electrons. The maximum absolute atomic E-state index is 11.8. The molecule has 4 heteroatoms. The number of halogens is 1. The van der Waals surface area contributed by atoms with Crippen LogP contribution in [0.1, 0.15) is 25.8 Å². The van der Waals surface area contributed by atoms with Gasteiger partial charge in [-0.2, -0.15) is 5.26 Å². The van der Waals surface area contributed by atoms with Crippen LogP contribution in [0.15, 0.2) is 24.3 Å². The second-order valence-electron chi connectivity index (χ2n) is 4.66. The van der Waals surface area contributed by atoms with E-state index in [1.807, 2.05) is 32.0 Å². The summed E-state index contributed by atoms with van der Waals surface area (Å²) in [5, 5.41) is 9.53. The van der Waals surface area contributed by atoms with Gasteiger partial charge in [-0.3, -0.25) is 4.21 Å². The van der Waals surface area contributed by atoms with E-state index in [0.29, 0.717) is 22.9 Å². The highest BCUT2D eigenvalue weighted by molar-refractivity contribution is 7.84. The number of nitriles is 1. The molecule has 1 rings (SSSR count). The van der Waals surface area contributed by atoms with Crippen molar-refractivity contribution in [3.63, 3.8) is 0 Å². The second kappa shape index (κ2) is 6.18. The molecule has 1 aromatic rings. The number of rotatable bonds is 5. The van der Waals surface area contributed by atoms with Crippen molar-refractivity contribution in [1.82, 2.24) is 0 Å². The molecule has 0 fully saturated rings. The van der Waals surface area contributed by atoms with E-state index in [4.69, 9.17) is 16.9 Å². The van der Waals surface area contributed by atoms with Crippen LogP contribution in [0.5, 0.6) is 0 Å². The van der Waals surface area contributed by atoms with E-state index in [2.05, 4.69) is 6.07 Å². The summed E-state index contributed by atoms with van der Waals surface area (Å²) in [6, 6.07) is 9.61. The van der Waals surface area contributed by atoms with Gasteiger partial charge in [0.2, 0.25) is 0 Å². The van der Waals surface area contributed by atoms with Crippen molar-refractivity contribution in [2.75, 3.05) is 5.75 Å². The van der Waals surface area contributed by atoms with Crippen LogP contribution in [0, 0.1) is 16.7 Å². The quantitative estimate of drug-likeness (QED) is 0.820.